The predicted octanol–water partition coefficient (Wildman–Crippen LogP) is 3.68. The Balaban J connectivity index is 1.26. The van der Waals surface area contributed by atoms with Crippen LogP contribution in [0.4, 0.5) is 20.6 Å². The van der Waals surface area contributed by atoms with Crippen molar-refractivity contribution >= 4 is 29.2 Å². The van der Waals surface area contributed by atoms with Crippen LogP contribution < -0.4 is 16.0 Å². The maximum atomic E-state index is 13.1. The Morgan fingerprint density at radius 2 is 1.54 bits per heavy atom. The molecule has 35 heavy (non-hydrogen) atoms. The Morgan fingerprint density at radius 3 is 2.26 bits per heavy atom. The van der Waals surface area contributed by atoms with Gasteiger partial charge in [-0.05, 0) is 49.2 Å². The van der Waals surface area contributed by atoms with Crippen LogP contribution in [0, 0.1) is 5.82 Å². The Morgan fingerprint density at radius 1 is 0.857 bits per heavy atom. The van der Waals surface area contributed by atoms with Gasteiger partial charge in [0.15, 0.2) is 0 Å². The summed E-state index contributed by atoms with van der Waals surface area (Å²) in [5.41, 5.74) is 1.18. The van der Waals surface area contributed by atoms with Gasteiger partial charge in [-0.2, -0.15) is 0 Å². The number of amides is 4. The molecule has 8 nitrogen and oxygen atoms in total. The van der Waals surface area contributed by atoms with Crippen molar-refractivity contribution in [2.24, 2.45) is 0 Å². The van der Waals surface area contributed by atoms with E-state index in [4.69, 9.17) is 0 Å². The molecule has 1 heterocycles. The number of hydrogen-bond acceptors (Lipinski definition) is 4. The lowest BCUT2D eigenvalue weighted by molar-refractivity contribution is -0.117. The summed E-state index contributed by atoms with van der Waals surface area (Å²) in [7, 11) is 0. The van der Waals surface area contributed by atoms with E-state index in [1.54, 1.807) is 24.3 Å². The lowest BCUT2D eigenvalue weighted by atomic mass is 9.96. The Bertz CT molecular complexity index is 1030. The molecule has 4 rings (SSSR count). The summed E-state index contributed by atoms with van der Waals surface area (Å²) in [6.07, 6.45) is 5.69. The predicted molar refractivity (Wildman–Crippen MR) is 133 cm³/mol. The van der Waals surface area contributed by atoms with Crippen LogP contribution in [0.3, 0.4) is 0 Å². The first-order valence-corrected chi connectivity index (χ1v) is 12.2. The molecule has 4 amide bonds. The van der Waals surface area contributed by atoms with E-state index in [1.807, 2.05) is 9.80 Å². The van der Waals surface area contributed by atoms with Gasteiger partial charge < -0.3 is 20.9 Å². The largest absolute Gasteiger partial charge is 0.335 e. The molecule has 0 aromatic heterocycles. The third-order valence-corrected chi connectivity index (χ3v) is 6.51. The average Bonchev–Trinajstić information content (AvgIpc) is 2.86. The fourth-order valence-electron chi connectivity index (χ4n) is 4.54. The minimum absolute atomic E-state index is 0.0119. The first-order valence-electron chi connectivity index (χ1n) is 12.2. The number of nitrogens with zero attached hydrogens (tertiary/aromatic N) is 2. The molecule has 0 bridgehead atoms. The van der Waals surface area contributed by atoms with E-state index >= 15 is 0 Å². The maximum absolute atomic E-state index is 13.1. The number of urea groups is 1. The molecule has 0 atom stereocenters. The first-order chi connectivity index (χ1) is 17.0. The van der Waals surface area contributed by atoms with Crippen molar-refractivity contribution in [1.82, 2.24) is 15.1 Å². The first kappa shape index (κ1) is 24.7. The lowest BCUT2D eigenvalue weighted by Gasteiger charge is -2.35. The van der Waals surface area contributed by atoms with Crippen LogP contribution in [0.5, 0.6) is 0 Å². The van der Waals surface area contributed by atoms with Crippen LogP contribution in [-0.4, -0.2) is 66.4 Å². The van der Waals surface area contributed by atoms with Crippen LogP contribution in [0.25, 0.3) is 0 Å². The molecule has 1 saturated heterocycles. The van der Waals surface area contributed by atoms with Gasteiger partial charge in [0.1, 0.15) is 5.82 Å². The maximum Gasteiger partial charge on any atom is 0.317 e. The van der Waals surface area contributed by atoms with Crippen LogP contribution in [0.1, 0.15) is 42.5 Å². The number of halogens is 1. The second kappa shape index (κ2) is 11.8. The SMILES string of the molecule is O=C(CN1CCN(C(=O)NC2CCCCC2)CC1)Nc1ccccc1C(=O)Nc1ccc(F)cc1. The van der Waals surface area contributed by atoms with E-state index in [9.17, 15) is 18.8 Å². The van der Waals surface area contributed by atoms with E-state index in [0.717, 1.165) is 12.8 Å². The minimum atomic E-state index is -0.398. The minimum Gasteiger partial charge on any atom is -0.335 e. The third-order valence-electron chi connectivity index (χ3n) is 6.51. The number of nitrogens with one attached hydrogen (secondary N) is 3. The highest BCUT2D eigenvalue weighted by Gasteiger charge is 2.25. The van der Waals surface area contributed by atoms with Crippen LogP contribution in [-0.2, 0) is 4.79 Å². The van der Waals surface area contributed by atoms with Gasteiger partial charge in [-0.25, -0.2) is 9.18 Å². The standard InChI is InChI=1S/C26H32FN5O3/c27-19-10-12-21(13-11-19)28-25(34)22-8-4-5-9-23(22)30-24(33)18-31-14-16-32(17-15-31)26(35)29-20-6-2-1-3-7-20/h4-5,8-13,20H,1-3,6-7,14-18H2,(H,28,34)(H,29,35)(H,30,33). The van der Waals surface area contributed by atoms with Crippen molar-refractivity contribution in [3.63, 3.8) is 0 Å². The summed E-state index contributed by atoms with van der Waals surface area (Å²) in [5.74, 6) is -1.02. The smallest absolute Gasteiger partial charge is 0.317 e. The highest BCUT2D eigenvalue weighted by Crippen LogP contribution is 2.19. The molecular formula is C26H32FN5O3. The zero-order valence-electron chi connectivity index (χ0n) is 19.8. The second-order valence-electron chi connectivity index (χ2n) is 9.10. The van der Waals surface area contributed by atoms with Crippen LogP contribution in [0.15, 0.2) is 48.5 Å². The van der Waals surface area contributed by atoms with Crippen molar-refractivity contribution in [3.05, 3.63) is 59.9 Å². The summed E-state index contributed by atoms with van der Waals surface area (Å²) >= 11 is 0. The number of piperazine rings is 1. The topological polar surface area (TPSA) is 93.8 Å². The van der Waals surface area contributed by atoms with Crippen molar-refractivity contribution in [1.29, 1.82) is 0 Å². The molecule has 2 aromatic carbocycles. The lowest BCUT2D eigenvalue weighted by Crippen LogP contribution is -2.54. The Hall–Kier alpha value is -3.46. The fraction of sp³-hybridized carbons (Fsp3) is 0.423. The molecule has 1 aliphatic heterocycles. The van der Waals surface area contributed by atoms with Crippen molar-refractivity contribution < 1.29 is 18.8 Å². The molecule has 2 aliphatic rings. The zero-order chi connectivity index (χ0) is 24.6. The van der Waals surface area contributed by atoms with Crippen LogP contribution in [0.2, 0.25) is 0 Å². The number of carbonyl (C=O) groups excluding carboxylic acids is 3. The van der Waals surface area contributed by atoms with E-state index in [0.29, 0.717) is 43.1 Å². The van der Waals surface area contributed by atoms with Gasteiger partial charge in [0.25, 0.3) is 5.91 Å². The summed E-state index contributed by atoms with van der Waals surface area (Å²) in [6.45, 7) is 2.54. The molecular weight excluding hydrogens is 449 g/mol. The normalized spacial score (nSPS) is 17.0. The van der Waals surface area contributed by atoms with Gasteiger partial charge >= 0.3 is 6.03 Å². The van der Waals surface area contributed by atoms with Gasteiger partial charge in [-0.1, -0.05) is 31.4 Å². The third kappa shape index (κ3) is 7.02. The summed E-state index contributed by atoms with van der Waals surface area (Å²) in [6, 6.07) is 12.5. The van der Waals surface area contributed by atoms with Gasteiger partial charge in [-0.15, -0.1) is 0 Å². The molecule has 2 fully saturated rings. The monoisotopic (exact) mass is 481 g/mol. The highest BCUT2D eigenvalue weighted by atomic mass is 19.1. The van der Waals surface area contributed by atoms with E-state index in [1.165, 1.54) is 43.5 Å². The van der Waals surface area contributed by atoms with Crippen LogP contribution >= 0.6 is 0 Å². The fourth-order valence-corrected chi connectivity index (χ4v) is 4.54. The van der Waals surface area contributed by atoms with Gasteiger partial charge in [0.2, 0.25) is 5.91 Å². The summed E-state index contributed by atoms with van der Waals surface area (Å²) in [5, 5.41) is 8.69. The van der Waals surface area contributed by atoms with E-state index in [-0.39, 0.29) is 30.3 Å². The molecule has 2 aromatic rings. The van der Waals surface area contributed by atoms with Gasteiger partial charge in [0.05, 0.1) is 17.8 Å². The molecule has 186 valence electrons. The number of anilines is 2. The van der Waals surface area contributed by atoms with E-state index in [2.05, 4.69) is 16.0 Å². The van der Waals surface area contributed by atoms with Crippen molar-refractivity contribution in [2.45, 2.75) is 38.1 Å². The van der Waals surface area contributed by atoms with E-state index < -0.39 is 5.91 Å². The Kier molecular flexibility index (Phi) is 8.31. The molecule has 1 aliphatic carbocycles. The Labute approximate surface area is 204 Å². The number of benzene rings is 2. The number of hydrogen-bond donors (Lipinski definition) is 3. The summed E-state index contributed by atoms with van der Waals surface area (Å²) in [4.78, 5) is 41.8. The van der Waals surface area contributed by atoms with Gasteiger partial charge in [0, 0.05) is 37.9 Å². The molecule has 0 unspecified atom stereocenters. The number of rotatable bonds is 6. The molecule has 3 N–H and O–H groups in total. The second-order valence-corrected chi connectivity index (χ2v) is 9.10. The quantitative estimate of drug-likeness (QED) is 0.587. The highest BCUT2D eigenvalue weighted by molar-refractivity contribution is 6.10. The molecule has 1 saturated carbocycles. The average molecular weight is 482 g/mol. The zero-order valence-corrected chi connectivity index (χ0v) is 19.8. The van der Waals surface area contributed by atoms with Crippen molar-refractivity contribution in [3.8, 4) is 0 Å². The molecule has 9 heteroatoms. The van der Waals surface area contributed by atoms with Crippen molar-refractivity contribution in [2.75, 3.05) is 43.4 Å². The number of carbonyl (C=O) groups is 3. The summed E-state index contributed by atoms with van der Waals surface area (Å²) < 4.78 is 13.1. The molecule has 0 radical (unpaired) electrons. The molecule has 0 spiro atoms. The number of para-hydroxylation sites is 1. The van der Waals surface area contributed by atoms with Gasteiger partial charge in [-0.3, -0.25) is 14.5 Å².